The summed E-state index contributed by atoms with van der Waals surface area (Å²) in [7, 11) is 0. The van der Waals surface area contributed by atoms with Crippen molar-refractivity contribution in [2.24, 2.45) is 5.92 Å². The summed E-state index contributed by atoms with van der Waals surface area (Å²) in [6, 6.07) is 8.61. The van der Waals surface area contributed by atoms with E-state index in [1.807, 2.05) is 23.0 Å². The summed E-state index contributed by atoms with van der Waals surface area (Å²) in [5.41, 5.74) is 3.46. The summed E-state index contributed by atoms with van der Waals surface area (Å²) in [5.74, 6) is 0.386. The lowest BCUT2D eigenvalue weighted by Gasteiger charge is -2.31. The molecule has 0 radical (unpaired) electrons. The van der Waals surface area contributed by atoms with E-state index < -0.39 is 0 Å². The summed E-state index contributed by atoms with van der Waals surface area (Å²) in [6.45, 7) is 13.6. The van der Waals surface area contributed by atoms with E-state index in [1.54, 1.807) is 0 Å². The molecule has 0 spiro atoms. The molecule has 2 heterocycles. The third-order valence-electron chi connectivity index (χ3n) is 5.50. The van der Waals surface area contributed by atoms with Gasteiger partial charge in [0.25, 0.3) is 0 Å². The zero-order valence-corrected chi connectivity index (χ0v) is 17.4. The van der Waals surface area contributed by atoms with Gasteiger partial charge in [-0.15, -0.1) is 0 Å². The maximum absolute atomic E-state index is 13.0. The summed E-state index contributed by atoms with van der Waals surface area (Å²) in [6.07, 6.45) is 6.15. The number of likely N-dealkylation sites (tertiary alicyclic amines) is 1. The van der Waals surface area contributed by atoms with Gasteiger partial charge >= 0.3 is 0 Å². The molecule has 2 aromatic rings. The van der Waals surface area contributed by atoms with Crippen LogP contribution < -0.4 is 0 Å². The van der Waals surface area contributed by atoms with E-state index in [4.69, 9.17) is 0 Å². The summed E-state index contributed by atoms with van der Waals surface area (Å²) < 4.78 is 2.00. The lowest BCUT2D eigenvalue weighted by atomic mass is 9.85. The third-order valence-corrected chi connectivity index (χ3v) is 5.50. The fraction of sp³-hybridized carbons (Fsp3) is 0.565. The molecule has 1 atom stereocenters. The molecule has 4 nitrogen and oxygen atoms in total. The van der Waals surface area contributed by atoms with Gasteiger partial charge in [0.05, 0.1) is 6.20 Å². The second-order valence-electron chi connectivity index (χ2n) is 9.19. The Bertz CT molecular complexity index is 768. The maximum atomic E-state index is 13.0. The number of rotatable bonds is 5. The summed E-state index contributed by atoms with van der Waals surface area (Å²) in [4.78, 5) is 15.4. The van der Waals surface area contributed by atoms with Crippen molar-refractivity contribution in [3.8, 4) is 0 Å². The highest BCUT2D eigenvalue weighted by molar-refractivity contribution is 5.98. The van der Waals surface area contributed by atoms with E-state index >= 15 is 0 Å². The Balaban J connectivity index is 1.63. The van der Waals surface area contributed by atoms with Gasteiger partial charge in [-0.05, 0) is 44.2 Å². The molecule has 0 N–H and O–H groups in total. The predicted octanol–water partition coefficient (Wildman–Crippen LogP) is 4.86. The molecule has 3 rings (SSSR count). The van der Waals surface area contributed by atoms with Crippen molar-refractivity contribution in [3.63, 3.8) is 0 Å². The molecule has 0 aliphatic carbocycles. The van der Waals surface area contributed by atoms with Crippen molar-refractivity contribution in [3.05, 3.63) is 53.3 Å². The number of hydrogen-bond donors (Lipinski definition) is 0. The van der Waals surface area contributed by atoms with Crippen LogP contribution in [0.25, 0.3) is 0 Å². The van der Waals surface area contributed by atoms with E-state index in [9.17, 15) is 4.79 Å². The quantitative estimate of drug-likeness (QED) is 0.709. The second kappa shape index (κ2) is 7.97. The standard InChI is InChI=1S/C23H33N3O/c1-17(2)26-15-18(13-24-26)14-25-12-6-7-20(16-25)22(27)19-8-10-21(11-9-19)23(3,4)5/h8-11,13,15,17,20H,6-7,12,14,16H2,1-5H3/t20-/m1/s1. The average molecular weight is 368 g/mol. The number of benzene rings is 1. The van der Waals surface area contributed by atoms with E-state index in [-0.39, 0.29) is 17.1 Å². The van der Waals surface area contributed by atoms with Gasteiger partial charge in [-0.2, -0.15) is 5.10 Å². The van der Waals surface area contributed by atoms with Crippen molar-refractivity contribution in [1.82, 2.24) is 14.7 Å². The lowest BCUT2D eigenvalue weighted by Crippen LogP contribution is -2.38. The average Bonchev–Trinajstić information content (AvgIpc) is 3.09. The Hall–Kier alpha value is -1.94. The Morgan fingerprint density at radius 3 is 2.52 bits per heavy atom. The van der Waals surface area contributed by atoms with Crippen LogP contribution in [-0.4, -0.2) is 33.6 Å². The summed E-state index contributed by atoms with van der Waals surface area (Å²) in [5, 5.41) is 4.43. The fourth-order valence-electron chi connectivity index (χ4n) is 3.78. The zero-order chi connectivity index (χ0) is 19.6. The fourth-order valence-corrected chi connectivity index (χ4v) is 3.78. The highest BCUT2D eigenvalue weighted by Gasteiger charge is 2.27. The van der Waals surface area contributed by atoms with Crippen LogP contribution in [-0.2, 0) is 12.0 Å². The van der Waals surface area contributed by atoms with Crippen molar-refractivity contribution in [2.45, 2.75) is 65.5 Å². The molecule has 1 saturated heterocycles. The number of carbonyl (C=O) groups excluding carboxylic acids is 1. The van der Waals surface area contributed by atoms with Gasteiger partial charge in [-0.1, -0.05) is 45.0 Å². The molecular weight excluding hydrogens is 334 g/mol. The van der Waals surface area contributed by atoms with Crippen LogP contribution in [0.1, 0.15) is 75.0 Å². The van der Waals surface area contributed by atoms with Gasteiger partial charge in [0, 0.05) is 42.4 Å². The molecule has 0 unspecified atom stereocenters. The molecule has 4 heteroatoms. The molecule has 146 valence electrons. The monoisotopic (exact) mass is 367 g/mol. The van der Waals surface area contributed by atoms with Crippen LogP contribution in [0, 0.1) is 5.92 Å². The van der Waals surface area contributed by atoms with E-state index in [0.717, 1.165) is 38.0 Å². The normalized spacial score (nSPS) is 18.8. The van der Waals surface area contributed by atoms with Gasteiger partial charge < -0.3 is 0 Å². The van der Waals surface area contributed by atoms with Gasteiger partial charge in [0.1, 0.15) is 0 Å². The molecule has 1 aliphatic heterocycles. The Labute approximate surface area is 163 Å². The first-order valence-electron chi connectivity index (χ1n) is 10.1. The second-order valence-corrected chi connectivity index (χ2v) is 9.19. The van der Waals surface area contributed by atoms with Gasteiger partial charge in [-0.3, -0.25) is 14.4 Å². The van der Waals surface area contributed by atoms with Gasteiger partial charge in [-0.25, -0.2) is 0 Å². The highest BCUT2D eigenvalue weighted by atomic mass is 16.1. The number of nitrogens with zero attached hydrogens (tertiary/aromatic N) is 3. The van der Waals surface area contributed by atoms with Crippen LogP contribution in [0.5, 0.6) is 0 Å². The molecule has 1 fully saturated rings. The van der Waals surface area contributed by atoms with E-state index in [2.05, 4.69) is 62.9 Å². The first-order chi connectivity index (χ1) is 12.7. The van der Waals surface area contributed by atoms with E-state index in [1.165, 1.54) is 11.1 Å². The summed E-state index contributed by atoms with van der Waals surface area (Å²) >= 11 is 0. The Kier molecular flexibility index (Phi) is 5.85. The minimum absolute atomic E-state index is 0.0966. The van der Waals surface area contributed by atoms with Crippen LogP contribution >= 0.6 is 0 Å². The van der Waals surface area contributed by atoms with Gasteiger partial charge in [0.2, 0.25) is 0 Å². The van der Waals surface area contributed by atoms with Gasteiger partial charge in [0.15, 0.2) is 5.78 Å². The SMILES string of the molecule is CC(C)n1cc(CN2CCC[C@@H](C(=O)c3ccc(C(C)(C)C)cc3)C2)cn1. The molecule has 1 aliphatic rings. The highest BCUT2D eigenvalue weighted by Crippen LogP contribution is 2.25. The third kappa shape index (κ3) is 4.86. The topological polar surface area (TPSA) is 38.1 Å². The van der Waals surface area contributed by atoms with Crippen LogP contribution in [0.2, 0.25) is 0 Å². The molecular formula is C23H33N3O. The predicted molar refractivity (Wildman–Crippen MR) is 110 cm³/mol. The van der Waals surface area contributed by atoms with Crippen molar-refractivity contribution >= 4 is 5.78 Å². The maximum Gasteiger partial charge on any atom is 0.167 e. The Morgan fingerprint density at radius 2 is 1.93 bits per heavy atom. The number of aromatic nitrogens is 2. The minimum atomic E-state index is 0.0966. The van der Waals surface area contributed by atoms with E-state index in [0.29, 0.717) is 6.04 Å². The molecule has 27 heavy (non-hydrogen) atoms. The number of Topliss-reactive ketones (excluding diaryl/α,β-unsaturated/α-hetero) is 1. The number of hydrogen-bond acceptors (Lipinski definition) is 3. The van der Waals surface area contributed by atoms with Crippen LogP contribution in [0.3, 0.4) is 0 Å². The van der Waals surface area contributed by atoms with Crippen molar-refractivity contribution in [2.75, 3.05) is 13.1 Å². The minimum Gasteiger partial charge on any atom is -0.298 e. The lowest BCUT2D eigenvalue weighted by molar-refractivity contribution is 0.0811. The smallest absolute Gasteiger partial charge is 0.167 e. The Morgan fingerprint density at radius 1 is 1.22 bits per heavy atom. The largest absolute Gasteiger partial charge is 0.298 e. The molecule has 0 amide bonds. The number of ketones is 1. The number of carbonyl (C=O) groups is 1. The zero-order valence-electron chi connectivity index (χ0n) is 17.4. The van der Waals surface area contributed by atoms with Crippen LogP contribution in [0.15, 0.2) is 36.7 Å². The van der Waals surface area contributed by atoms with Crippen LogP contribution in [0.4, 0.5) is 0 Å². The first kappa shape index (κ1) is 19.8. The molecule has 0 saturated carbocycles. The first-order valence-corrected chi connectivity index (χ1v) is 10.1. The number of piperidine rings is 1. The molecule has 0 bridgehead atoms. The van der Waals surface area contributed by atoms with Crippen molar-refractivity contribution < 1.29 is 4.79 Å². The molecule has 1 aromatic carbocycles. The molecule has 1 aromatic heterocycles. The van der Waals surface area contributed by atoms with Crippen molar-refractivity contribution in [1.29, 1.82) is 0 Å².